The summed E-state index contributed by atoms with van der Waals surface area (Å²) in [5.74, 6) is 1.08. The van der Waals surface area contributed by atoms with E-state index in [9.17, 15) is 4.79 Å². The molecule has 5 heteroatoms. The summed E-state index contributed by atoms with van der Waals surface area (Å²) in [6.45, 7) is 2.28. The lowest BCUT2D eigenvalue weighted by Gasteiger charge is -1.99. The van der Waals surface area contributed by atoms with Crippen LogP contribution < -0.4 is 5.32 Å². The van der Waals surface area contributed by atoms with Crippen molar-refractivity contribution in [1.82, 2.24) is 15.5 Å². The Morgan fingerprint density at radius 1 is 1.32 bits per heavy atom. The van der Waals surface area contributed by atoms with Gasteiger partial charge in [0, 0.05) is 6.42 Å². The fourth-order valence-corrected chi connectivity index (χ4v) is 1.70. The van der Waals surface area contributed by atoms with E-state index in [4.69, 9.17) is 4.52 Å². The number of hydrogen-bond donors (Lipinski definition) is 1. The van der Waals surface area contributed by atoms with Gasteiger partial charge in [0.05, 0.1) is 13.0 Å². The summed E-state index contributed by atoms with van der Waals surface area (Å²) in [5.41, 5.74) is 1.12. The Balaban J connectivity index is 1.87. The van der Waals surface area contributed by atoms with Gasteiger partial charge in [0.15, 0.2) is 5.82 Å². The fourth-order valence-electron chi connectivity index (χ4n) is 1.70. The van der Waals surface area contributed by atoms with Crippen LogP contribution in [0.5, 0.6) is 0 Å². The summed E-state index contributed by atoms with van der Waals surface area (Å²) < 4.78 is 5.15. The Morgan fingerprint density at radius 3 is 2.84 bits per heavy atom. The zero-order chi connectivity index (χ0) is 13.5. The zero-order valence-corrected chi connectivity index (χ0v) is 10.9. The molecule has 5 nitrogen and oxygen atoms in total. The Bertz CT molecular complexity index is 522. The van der Waals surface area contributed by atoms with E-state index in [1.165, 1.54) is 0 Å². The predicted molar refractivity (Wildman–Crippen MR) is 70.3 cm³/mol. The number of nitrogens with zero attached hydrogens (tertiary/aromatic N) is 2. The zero-order valence-electron chi connectivity index (χ0n) is 10.9. The van der Waals surface area contributed by atoms with Crippen LogP contribution in [-0.4, -0.2) is 16.0 Å². The van der Waals surface area contributed by atoms with Gasteiger partial charge >= 0.3 is 0 Å². The first kappa shape index (κ1) is 13.3. The van der Waals surface area contributed by atoms with E-state index in [2.05, 4.69) is 15.5 Å². The van der Waals surface area contributed by atoms with E-state index in [0.717, 1.165) is 12.0 Å². The van der Waals surface area contributed by atoms with Crippen molar-refractivity contribution in [3.63, 3.8) is 0 Å². The van der Waals surface area contributed by atoms with Crippen LogP contribution in [-0.2, 0) is 17.8 Å². The lowest BCUT2D eigenvalue weighted by molar-refractivity contribution is -0.121. The highest BCUT2D eigenvalue weighted by Gasteiger charge is 2.08. The van der Waals surface area contributed by atoms with Crippen LogP contribution in [0.4, 0.5) is 0 Å². The number of hydrogen-bond acceptors (Lipinski definition) is 4. The Morgan fingerprint density at radius 2 is 2.11 bits per heavy atom. The van der Waals surface area contributed by atoms with Crippen molar-refractivity contribution in [3.05, 3.63) is 47.6 Å². The molecular formula is C14H17N3O2. The van der Waals surface area contributed by atoms with Crippen molar-refractivity contribution in [3.8, 4) is 0 Å². The van der Waals surface area contributed by atoms with Crippen molar-refractivity contribution < 1.29 is 9.32 Å². The molecule has 0 aliphatic carbocycles. The van der Waals surface area contributed by atoms with Crippen LogP contribution in [0.3, 0.4) is 0 Å². The number of aromatic nitrogens is 2. The molecule has 1 aromatic heterocycles. The van der Waals surface area contributed by atoms with Gasteiger partial charge in [-0.1, -0.05) is 42.4 Å². The van der Waals surface area contributed by atoms with E-state index in [1.54, 1.807) is 0 Å². The average molecular weight is 259 g/mol. The normalized spacial score (nSPS) is 10.4. The molecule has 19 heavy (non-hydrogen) atoms. The number of benzene rings is 1. The number of amides is 1. The largest absolute Gasteiger partial charge is 0.349 e. The standard InChI is InChI=1S/C14H17N3O2/c1-2-6-13(18)15-10-12-16-14(19-17-12)9-11-7-4-3-5-8-11/h3-5,7-8H,2,6,9-10H2,1H3,(H,15,18). The molecule has 0 atom stereocenters. The topological polar surface area (TPSA) is 68.0 Å². The van der Waals surface area contributed by atoms with Crippen LogP contribution in [0, 0.1) is 0 Å². The molecule has 0 aliphatic rings. The average Bonchev–Trinajstić information content (AvgIpc) is 2.86. The van der Waals surface area contributed by atoms with Crippen molar-refractivity contribution in [2.75, 3.05) is 0 Å². The van der Waals surface area contributed by atoms with Gasteiger partial charge in [-0.15, -0.1) is 0 Å². The SMILES string of the molecule is CCCC(=O)NCc1noc(Cc2ccccc2)n1. The maximum atomic E-state index is 11.3. The summed E-state index contributed by atoms with van der Waals surface area (Å²) in [6.07, 6.45) is 1.96. The Hall–Kier alpha value is -2.17. The Labute approximate surface area is 112 Å². The summed E-state index contributed by atoms with van der Waals surface area (Å²) in [6, 6.07) is 9.92. The molecule has 0 saturated heterocycles. The molecule has 0 spiro atoms. The number of nitrogens with one attached hydrogen (secondary N) is 1. The third kappa shape index (κ3) is 4.21. The van der Waals surface area contributed by atoms with Crippen molar-refractivity contribution in [2.24, 2.45) is 0 Å². The first-order chi connectivity index (χ1) is 9.28. The third-order valence-electron chi connectivity index (χ3n) is 2.63. The smallest absolute Gasteiger partial charge is 0.231 e. The van der Waals surface area contributed by atoms with E-state index < -0.39 is 0 Å². The summed E-state index contributed by atoms with van der Waals surface area (Å²) >= 11 is 0. The van der Waals surface area contributed by atoms with E-state index in [-0.39, 0.29) is 5.91 Å². The molecule has 1 aromatic carbocycles. The maximum Gasteiger partial charge on any atom is 0.231 e. The highest BCUT2D eigenvalue weighted by atomic mass is 16.5. The van der Waals surface area contributed by atoms with Gasteiger partial charge in [-0.3, -0.25) is 4.79 Å². The van der Waals surface area contributed by atoms with Crippen LogP contribution in [0.2, 0.25) is 0 Å². The maximum absolute atomic E-state index is 11.3. The lowest BCUT2D eigenvalue weighted by Crippen LogP contribution is -2.22. The molecule has 1 N–H and O–H groups in total. The van der Waals surface area contributed by atoms with Crippen LogP contribution in [0.1, 0.15) is 37.0 Å². The minimum atomic E-state index is 0.0110. The second-order valence-corrected chi connectivity index (χ2v) is 4.29. The van der Waals surface area contributed by atoms with Gasteiger partial charge in [-0.05, 0) is 12.0 Å². The van der Waals surface area contributed by atoms with Gasteiger partial charge in [0.1, 0.15) is 0 Å². The number of rotatable bonds is 6. The van der Waals surface area contributed by atoms with Crippen LogP contribution in [0.15, 0.2) is 34.9 Å². The quantitative estimate of drug-likeness (QED) is 0.862. The summed E-state index contributed by atoms with van der Waals surface area (Å²) in [5, 5.41) is 6.60. The Kier molecular flexibility index (Phi) is 4.66. The van der Waals surface area contributed by atoms with Gasteiger partial charge in [0.25, 0.3) is 0 Å². The van der Waals surface area contributed by atoms with Gasteiger partial charge < -0.3 is 9.84 Å². The minimum Gasteiger partial charge on any atom is -0.349 e. The molecule has 0 aliphatic heterocycles. The molecule has 2 aromatic rings. The monoisotopic (exact) mass is 259 g/mol. The van der Waals surface area contributed by atoms with E-state index in [1.807, 2.05) is 37.3 Å². The molecule has 2 rings (SSSR count). The van der Waals surface area contributed by atoms with Gasteiger partial charge in [-0.2, -0.15) is 4.98 Å². The van der Waals surface area contributed by atoms with E-state index >= 15 is 0 Å². The third-order valence-corrected chi connectivity index (χ3v) is 2.63. The molecule has 0 fully saturated rings. The van der Waals surface area contributed by atoms with Crippen LogP contribution in [0.25, 0.3) is 0 Å². The highest BCUT2D eigenvalue weighted by molar-refractivity contribution is 5.75. The molecule has 100 valence electrons. The second-order valence-electron chi connectivity index (χ2n) is 4.29. The first-order valence-corrected chi connectivity index (χ1v) is 6.40. The van der Waals surface area contributed by atoms with Crippen molar-refractivity contribution in [2.45, 2.75) is 32.7 Å². The molecule has 1 amide bonds. The highest BCUT2D eigenvalue weighted by Crippen LogP contribution is 2.07. The molecular weight excluding hydrogens is 242 g/mol. The molecule has 0 saturated carbocycles. The number of carbonyl (C=O) groups is 1. The first-order valence-electron chi connectivity index (χ1n) is 6.40. The van der Waals surface area contributed by atoms with Gasteiger partial charge in [0.2, 0.25) is 11.8 Å². The molecule has 0 bridgehead atoms. The fraction of sp³-hybridized carbons (Fsp3) is 0.357. The number of carbonyl (C=O) groups excluding carboxylic acids is 1. The lowest BCUT2D eigenvalue weighted by atomic mass is 10.1. The summed E-state index contributed by atoms with van der Waals surface area (Å²) in [7, 11) is 0. The minimum absolute atomic E-state index is 0.0110. The van der Waals surface area contributed by atoms with Gasteiger partial charge in [-0.25, -0.2) is 0 Å². The predicted octanol–water partition coefficient (Wildman–Crippen LogP) is 2.08. The molecule has 1 heterocycles. The van der Waals surface area contributed by atoms with E-state index in [0.29, 0.717) is 31.1 Å². The van der Waals surface area contributed by atoms with Crippen molar-refractivity contribution >= 4 is 5.91 Å². The van der Waals surface area contributed by atoms with Crippen LogP contribution >= 0.6 is 0 Å². The second kappa shape index (κ2) is 6.68. The molecule has 0 radical (unpaired) electrons. The van der Waals surface area contributed by atoms with Crippen molar-refractivity contribution in [1.29, 1.82) is 0 Å². The molecule has 0 unspecified atom stereocenters. The summed E-state index contributed by atoms with van der Waals surface area (Å²) in [4.78, 5) is 15.6.